The molecule has 68 valence electrons. The molecule has 0 heterocycles. The van der Waals surface area contributed by atoms with Crippen molar-refractivity contribution in [3.05, 3.63) is 35.4 Å². The van der Waals surface area contributed by atoms with E-state index < -0.39 is 16.0 Å². The monoisotopic (exact) mass is 196 g/mol. The maximum atomic E-state index is 11.5. The van der Waals surface area contributed by atoms with Crippen molar-refractivity contribution < 1.29 is 13.2 Å². The lowest BCUT2D eigenvalue weighted by atomic mass is 10.1. The minimum absolute atomic E-state index is 0.258. The number of benzene rings is 1. The highest BCUT2D eigenvalue weighted by atomic mass is 32.2. The van der Waals surface area contributed by atoms with Gasteiger partial charge in [-0.3, -0.25) is 4.79 Å². The smallest absolute Gasteiger partial charge is 0.181 e. The number of carbonyl (C=O) groups is 1. The summed E-state index contributed by atoms with van der Waals surface area (Å²) in [6.45, 7) is 0. The second-order valence-electron chi connectivity index (χ2n) is 3.03. The number of ketones is 1. The van der Waals surface area contributed by atoms with Gasteiger partial charge in [-0.1, -0.05) is 24.3 Å². The Labute approximate surface area is 77.3 Å². The zero-order valence-electron chi connectivity index (χ0n) is 6.77. The summed E-state index contributed by atoms with van der Waals surface area (Å²) in [4.78, 5) is 11.5. The molecule has 3 nitrogen and oxygen atoms in total. The SMILES string of the molecule is O=C1c2ccccc2CC1[SH](=O)=O. The quantitative estimate of drug-likeness (QED) is 0.662. The van der Waals surface area contributed by atoms with Crippen molar-refractivity contribution in [3.8, 4) is 0 Å². The summed E-state index contributed by atoms with van der Waals surface area (Å²) in [5.41, 5.74) is 1.41. The molecule has 1 aliphatic carbocycles. The summed E-state index contributed by atoms with van der Waals surface area (Å²) in [5, 5.41) is -0.826. The largest absolute Gasteiger partial charge is 0.293 e. The van der Waals surface area contributed by atoms with Crippen LogP contribution < -0.4 is 0 Å². The third kappa shape index (κ3) is 1.27. The molecule has 0 fully saturated rings. The van der Waals surface area contributed by atoms with Gasteiger partial charge in [0.1, 0.15) is 5.25 Å². The maximum Gasteiger partial charge on any atom is 0.181 e. The highest BCUT2D eigenvalue weighted by molar-refractivity contribution is 7.74. The molecular weight excluding hydrogens is 188 g/mol. The van der Waals surface area contributed by atoms with Crippen molar-refractivity contribution in [1.82, 2.24) is 0 Å². The average Bonchev–Trinajstić information content (AvgIpc) is 2.45. The van der Waals surface area contributed by atoms with Crippen LogP contribution in [-0.2, 0) is 17.1 Å². The fourth-order valence-corrected chi connectivity index (χ4v) is 2.27. The first-order valence-electron chi connectivity index (χ1n) is 3.96. The summed E-state index contributed by atoms with van der Waals surface area (Å²) in [7, 11) is -2.64. The van der Waals surface area contributed by atoms with Crippen LogP contribution in [0.3, 0.4) is 0 Å². The summed E-state index contributed by atoms with van der Waals surface area (Å²) in [5.74, 6) is -0.258. The van der Waals surface area contributed by atoms with Crippen LogP contribution in [0.1, 0.15) is 15.9 Å². The molecule has 1 unspecified atom stereocenters. The molecule has 0 saturated heterocycles. The number of hydrogen-bond donors (Lipinski definition) is 1. The molecule has 0 aromatic heterocycles. The van der Waals surface area contributed by atoms with E-state index in [9.17, 15) is 13.2 Å². The molecule has 2 rings (SSSR count). The number of rotatable bonds is 1. The van der Waals surface area contributed by atoms with Gasteiger partial charge in [0.15, 0.2) is 16.5 Å². The molecule has 1 aromatic carbocycles. The minimum atomic E-state index is -2.64. The second kappa shape index (κ2) is 2.96. The van der Waals surface area contributed by atoms with Gasteiger partial charge >= 0.3 is 0 Å². The Morgan fingerprint density at radius 3 is 2.54 bits per heavy atom. The molecular formula is C9H8O3S. The Hall–Kier alpha value is -1.16. The molecule has 4 heteroatoms. The van der Waals surface area contributed by atoms with Gasteiger partial charge in [0, 0.05) is 5.56 Å². The summed E-state index contributed by atoms with van der Waals surface area (Å²) in [6, 6.07) is 7.03. The summed E-state index contributed by atoms with van der Waals surface area (Å²) in [6.07, 6.45) is 0.341. The molecule has 0 radical (unpaired) electrons. The highest BCUT2D eigenvalue weighted by Crippen LogP contribution is 2.23. The predicted octanol–water partition coefficient (Wildman–Crippen LogP) is 0.405. The lowest BCUT2D eigenvalue weighted by molar-refractivity contribution is 0.0998. The number of hydrogen-bond acceptors (Lipinski definition) is 3. The molecule has 1 aliphatic rings. The van der Waals surface area contributed by atoms with Crippen LogP contribution >= 0.6 is 0 Å². The number of Topliss-reactive ketones (excluding diaryl/α,β-unsaturated/α-hetero) is 1. The third-order valence-electron chi connectivity index (χ3n) is 2.25. The average molecular weight is 196 g/mol. The molecule has 0 aliphatic heterocycles. The molecule has 0 spiro atoms. The first-order chi connectivity index (χ1) is 6.20. The van der Waals surface area contributed by atoms with E-state index >= 15 is 0 Å². The van der Waals surface area contributed by atoms with Gasteiger partial charge in [-0.2, -0.15) is 0 Å². The Balaban J connectivity index is 2.49. The van der Waals surface area contributed by atoms with E-state index in [2.05, 4.69) is 0 Å². The van der Waals surface area contributed by atoms with Crippen molar-refractivity contribution in [2.75, 3.05) is 0 Å². The van der Waals surface area contributed by atoms with Gasteiger partial charge in [-0.05, 0) is 12.0 Å². The Morgan fingerprint density at radius 2 is 1.92 bits per heavy atom. The van der Waals surface area contributed by atoms with Gasteiger partial charge < -0.3 is 0 Å². The molecule has 0 bridgehead atoms. The van der Waals surface area contributed by atoms with E-state index in [1.165, 1.54) is 0 Å². The predicted molar refractivity (Wildman–Crippen MR) is 48.6 cm³/mol. The van der Waals surface area contributed by atoms with Crippen LogP contribution in [-0.4, -0.2) is 19.5 Å². The topological polar surface area (TPSA) is 51.2 Å². The molecule has 13 heavy (non-hydrogen) atoms. The first kappa shape index (κ1) is 8.44. The molecule has 0 N–H and O–H groups in total. The van der Waals surface area contributed by atoms with Crippen LogP contribution in [0.2, 0.25) is 0 Å². The summed E-state index contributed by atoms with van der Waals surface area (Å²) < 4.78 is 21.4. The molecule has 0 saturated carbocycles. The van der Waals surface area contributed by atoms with E-state index in [1.807, 2.05) is 6.07 Å². The van der Waals surface area contributed by atoms with Crippen LogP contribution in [0.5, 0.6) is 0 Å². The maximum absolute atomic E-state index is 11.5. The van der Waals surface area contributed by atoms with Crippen molar-refractivity contribution in [2.24, 2.45) is 0 Å². The standard InChI is InChI=1S/C9H8O3S/c10-9-7-4-2-1-3-6(7)5-8(9)13(11)12/h1-4,8,13H,5H2. The molecule has 1 atom stereocenters. The van der Waals surface area contributed by atoms with E-state index in [0.717, 1.165) is 5.56 Å². The first-order valence-corrected chi connectivity index (χ1v) is 5.20. The van der Waals surface area contributed by atoms with Gasteiger partial charge in [0.05, 0.1) is 0 Å². The van der Waals surface area contributed by atoms with Crippen molar-refractivity contribution in [2.45, 2.75) is 11.7 Å². The molecule has 1 aromatic rings. The van der Waals surface area contributed by atoms with Crippen LogP contribution in [0.25, 0.3) is 0 Å². The van der Waals surface area contributed by atoms with Gasteiger partial charge in [-0.15, -0.1) is 0 Å². The Bertz CT molecular complexity index is 426. The zero-order chi connectivity index (χ0) is 9.42. The normalized spacial score (nSPS) is 20.7. The van der Waals surface area contributed by atoms with Crippen molar-refractivity contribution in [1.29, 1.82) is 0 Å². The number of thiol groups is 1. The van der Waals surface area contributed by atoms with Gasteiger partial charge in [-0.25, -0.2) is 8.42 Å². The fourth-order valence-electron chi connectivity index (χ4n) is 1.59. The van der Waals surface area contributed by atoms with Crippen molar-refractivity contribution in [3.63, 3.8) is 0 Å². The highest BCUT2D eigenvalue weighted by Gasteiger charge is 2.32. The van der Waals surface area contributed by atoms with Crippen LogP contribution in [0, 0.1) is 0 Å². The van der Waals surface area contributed by atoms with Gasteiger partial charge in [0.25, 0.3) is 0 Å². The van der Waals surface area contributed by atoms with E-state index in [4.69, 9.17) is 0 Å². The number of carbonyl (C=O) groups excluding carboxylic acids is 1. The Kier molecular flexibility index (Phi) is 1.92. The Morgan fingerprint density at radius 1 is 1.23 bits per heavy atom. The van der Waals surface area contributed by atoms with Crippen LogP contribution in [0.4, 0.5) is 0 Å². The lowest BCUT2D eigenvalue weighted by Crippen LogP contribution is -2.17. The van der Waals surface area contributed by atoms with Crippen molar-refractivity contribution >= 4 is 16.5 Å². The lowest BCUT2D eigenvalue weighted by Gasteiger charge is -1.93. The third-order valence-corrected chi connectivity index (χ3v) is 3.18. The van der Waals surface area contributed by atoms with E-state index in [-0.39, 0.29) is 5.78 Å². The van der Waals surface area contributed by atoms with E-state index in [0.29, 0.717) is 12.0 Å². The summed E-state index contributed by atoms with van der Waals surface area (Å²) >= 11 is 0. The molecule has 0 amide bonds. The second-order valence-corrected chi connectivity index (χ2v) is 4.22. The van der Waals surface area contributed by atoms with Crippen LogP contribution in [0.15, 0.2) is 24.3 Å². The zero-order valence-corrected chi connectivity index (χ0v) is 7.66. The fraction of sp³-hybridized carbons (Fsp3) is 0.222. The minimum Gasteiger partial charge on any atom is -0.293 e. The van der Waals surface area contributed by atoms with Gasteiger partial charge in [0.2, 0.25) is 0 Å². The van der Waals surface area contributed by atoms with E-state index in [1.54, 1.807) is 18.2 Å². The number of fused-ring (bicyclic) bond motifs is 1.